The number of hydrogen-bond acceptors (Lipinski definition) is 4. The van der Waals surface area contributed by atoms with Crippen molar-refractivity contribution in [2.24, 2.45) is 0 Å². The molecule has 3 rings (SSSR count). The van der Waals surface area contributed by atoms with Crippen LogP contribution in [0.4, 0.5) is 8.78 Å². The minimum absolute atomic E-state index is 0.0312. The molecule has 0 aliphatic rings. The molecule has 0 unspecified atom stereocenters. The molecule has 31 heavy (non-hydrogen) atoms. The predicted octanol–water partition coefficient (Wildman–Crippen LogP) is 5.24. The largest absolute Gasteiger partial charge is 0.447 e. The number of benzene rings is 2. The van der Waals surface area contributed by atoms with Gasteiger partial charge in [-0.25, -0.2) is 13.8 Å². The summed E-state index contributed by atoms with van der Waals surface area (Å²) in [7, 11) is 0. The second-order valence-corrected chi connectivity index (χ2v) is 7.64. The Morgan fingerprint density at radius 3 is 2.55 bits per heavy atom. The molecule has 0 saturated carbocycles. The molecule has 1 N–H and O–H groups in total. The summed E-state index contributed by atoms with van der Waals surface area (Å²) in [6.07, 6.45) is 2.14. The van der Waals surface area contributed by atoms with Crippen LogP contribution in [-0.4, -0.2) is 21.8 Å². The molecule has 0 bridgehead atoms. The summed E-state index contributed by atoms with van der Waals surface area (Å²) in [6.45, 7) is 6.37. The van der Waals surface area contributed by atoms with Crippen molar-refractivity contribution in [2.75, 3.05) is 0 Å². The van der Waals surface area contributed by atoms with Crippen LogP contribution in [0.3, 0.4) is 0 Å². The van der Waals surface area contributed by atoms with Crippen LogP contribution in [0.1, 0.15) is 60.7 Å². The van der Waals surface area contributed by atoms with Crippen LogP contribution in [0.2, 0.25) is 0 Å². The fourth-order valence-corrected chi connectivity index (χ4v) is 3.20. The standard InChI is InChI=1S/C24H27F2N3O2/c1-4-16(2)27-24(30)22-15-31-23(28-22)14-29(17(3)18-8-6-5-7-9-18)13-19-10-11-20(25)12-21(19)26/h5-12,15-17H,4,13-14H2,1-3H3,(H,27,30)/t16-,17-/m1/s1. The molecule has 164 valence electrons. The van der Waals surface area contributed by atoms with E-state index in [1.165, 1.54) is 18.4 Å². The number of carbonyl (C=O) groups excluding carboxylic acids is 1. The zero-order valence-corrected chi connectivity index (χ0v) is 17.9. The highest BCUT2D eigenvalue weighted by Gasteiger charge is 2.22. The van der Waals surface area contributed by atoms with Crippen LogP contribution in [-0.2, 0) is 13.1 Å². The molecular formula is C24H27F2N3O2. The molecule has 0 aliphatic heterocycles. The molecule has 1 aromatic heterocycles. The third-order valence-electron chi connectivity index (χ3n) is 5.33. The van der Waals surface area contributed by atoms with E-state index in [2.05, 4.69) is 10.3 Å². The summed E-state index contributed by atoms with van der Waals surface area (Å²) in [4.78, 5) is 18.6. The summed E-state index contributed by atoms with van der Waals surface area (Å²) in [5.74, 6) is -1.17. The van der Waals surface area contributed by atoms with Crippen molar-refractivity contribution in [1.29, 1.82) is 0 Å². The van der Waals surface area contributed by atoms with E-state index in [9.17, 15) is 13.6 Å². The molecule has 0 saturated heterocycles. The van der Waals surface area contributed by atoms with Crippen molar-refractivity contribution >= 4 is 5.91 Å². The highest BCUT2D eigenvalue weighted by Crippen LogP contribution is 2.25. The van der Waals surface area contributed by atoms with E-state index in [1.54, 1.807) is 0 Å². The van der Waals surface area contributed by atoms with Crippen molar-refractivity contribution in [3.8, 4) is 0 Å². The Morgan fingerprint density at radius 2 is 1.87 bits per heavy atom. The van der Waals surface area contributed by atoms with Crippen LogP contribution >= 0.6 is 0 Å². The molecule has 1 heterocycles. The van der Waals surface area contributed by atoms with Crippen LogP contribution in [0.15, 0.2) is 59.2 Å². The van der Waals surface area contributed by atoms with Gasteiger partial charge in [-0.3, -0.25) is 9.69 Å². The molecule has 1 amide bonds. The fourth-order valence-electron chi connectivity index (χ4n) is 3.20. The summed E-state index contributed by atoms with van der Waals surface area (Å²) in [5.41, 5.74) is 1.60. The number of rotatable bonds is 9. The van der Waals surface area contributed by atoms with E-state index in [-0.39, 0.29) is 36.8 Å². The Bertz CT molecular complexity index is 1010. The van der Waals surface area contributed by atoms with E-state index in [1.807, 2.05) is 56.0 Å². The fraction of sp³-hybridized carbons (Fsp3) is 0.333. The number of aromatic nitrogens is 1. The molecule has 5 nitrogen and oxygen atoms in total. The van der Waals surface area contributed by atoms with Gasteiger partial charge in [0.25, 0.3) is 5.91 Å². The summed E-state index contributed by atoms with van der Waals surface area (Å²) in [5, 5.41) is 2.85. The Morgan fingerprint density at radius 1 is 1.13 bits per heavy atom. The highest BCUT2D eigenvalue weighted by molar-refractivity contribution is 5.92. The first-order valence-electron chi connectivity index (χ1n) is 10.4. The molecule has 0 aliphatic carbocycles. The van der Waals surface area contributed by atoms with Gasteiger partial charge in [0.2, 0.25) is 5.89 Å². The zero-order chi connectivity index (χ0) is 22.4. The maximum absolute atomic E-state index is 14.3. The summed E-state index contributed by atoms with van der Waals surface area (Å²) >= 11 is 0. The molecule has 2 aromatic carbocycles. The second-order valence-electron chi connectivity index (χ2n) is 7.64. The van der Waals surface area contributed by atoms with Crippen LogP contribution in [0.25, 0.3) is 0 Å². The van der Waals surface area contributed by atoms with Crippen LogP contribution in [0.5, 0.6) is 0 Å². The first-order chi connectivity index (χ1) is 14.9. The average molecular weight is 427 g/mol. The third kappa shape index (κ3) is 5.98. The van der Waals surface area contributed by atoms with E-state index >= 15 is 0 Å². The SMILES string of the molecule is CC[C@@H](C)NC(=O)c1coc(CN(Cc2ccc(F)cc2F)[C@H](C)c2ccccc2)n1. The Labute approximate surface area is 181 Å². The van der Waals surface area contributed by atoms with E-state index in [0.29, 0.717) is 11.5 Å². The number of amides is 1. The van der Waals surface area contributed by atoms with Gasteiger partial charge < -0.3 is 9.73 Å². The lowest BCUT2D eigenvalue weighted by Gasteiger charge is -2.28. The van der Waals surface area contributed by atoms with E-state index in [4.69, 9.17) is 4.42 Å². The van der Waals surface area contributed by atoms with Gasteiger partial charge in [-0.15, -0.1) is 0 Å². The first-order valence-corrected chi connectivity index (χ1v) is 10.4. The molecular weight excluding hydrogens is 400 g/mol. The lowest BCUT2D eigenvalue weighted by Crippen LogP contribution is -2.32. The summed E-state index contributed by atoms with van der Waals surface area (Å²) in [6, 6.07) is 13.3. The minimum atomic E-state index is -0.617. The van der Waals surface area contributed by atoms with Crippen molar-refractivity contribution in [3.63, 3.8) is 0 Å². The Balaban J connectivity index is 1.82. The zero-order valence-electron chi connectivity index (χ0n) is 17.9. The number of hydrogen-bond donors (Lipinski definition) is 1. The van der Waals surface area contributed by atoms with Gasteiger partial charge in [-0.05, 0) is 31.9 Å². The monoisotopic (exact) mass is 427 g/mol. The number of oxazole rings is 1. The van der Waals surface area contributed by atoms with Crippen LogP contribution in [0, 0.1) is 11.6 Å². The topological polar surface area (TPSA) is 58.4 Å². The van der Waals surface area contributed by atoms with Crippen molar-refractivity contribution in [1.82, 2.24) is 15.2 Å². The molecule has 3 aromatic rings. The smallest absolute Gasteiger partial charge is 0.273 e. The van der Waals surface area contributed by atoms with Crippen LogP contribution < -0.4 is 5.32 Å². The Hall–Kier alpha value is -3.06. The lowest BCUT2D eigenvalue weighted by atomic mass is 10.1. The normalized spacial score (nSPS) is 13.2. The molecule has 2 atom stereocenters. The van der Waals surface area contributed by atoms with E-state index < -0.39 is 11.6 Å². The van der Waals surface area contributed by atoms with Gasteiger partial charge in [-0.1, -0.05) is 43.3 Å². The predicted molar refractivity (Wildman–Crippen MR) is 114 cm³/mol. The van der Waals surface area contributed by atoms with Gasteiger partial charge in [0.1, 0.15) is 17.9 Å². The minimum Gasteiger partial charge on any atom is -0.447 e. The van der Waals surface area contributed by atoms with Gasteiger partial charge >= 0.3 is 0 Å². The number of halogens is 2. The van der Waals surface area contributed by atoms with Gasteiger partial charge in [-0.2, -0.15) is 0 Å². The quantitative estimate of drug-likeness (QED) is 0.507. The van der Waals surface area contributed by atoms with E-state index in [0.717, 1.165) is 18.1 Å². The maximum Gasteiger partial charge on any atom is 0.273 e. The third-order valence-corrected chi connectivity index (χ3v) is 5.33. The summed E-state index contributed by atoms with van der Waals surface area (Å²) < 4.78 is 33.2. The highest BCUT2D eigenvalue weighted by atomic mass is 19.1. The molecule has 0 radical (unpaired) electrons. The molecule has 0 fully saturated rings. The van der Waals surface area contributed by atoms with Crippen molar-refractivity contribution in [3.05, 3.63) is 89.1 Å². The van der Waals surface area contributed by atoms with Gasteiger partial charge in [0, 0.05) is 30.3 Å². The Kier molecular flexibility index (Phi) is 7.52. The maximum atomic E-state index is 14.3. The van der Waals surface area contributed by atoms with Gasteiger partial charge in [0.15, 0.2) is 5.69 Å². The molecule has 7 heteroatoms. The van der Waals surface area contributed by atoms with Gasteiger partial charge in [0.05, 0.1) is 6.54 Å². The number of carbonyl (C=O) groups is 1. The lowest BCUT2D eigenvalue weighted by molar-refractivity contribution is 0.0934. The first kappa shape index (κ1) is 22.6. The van der Waals surface area contributed by atoms with Crippen molar-refractivity contribution < 1.29 is 18.0 Å². The van der Waals surface area contributed by atoms with Crippen molar-refractivity contribution in [2.45, 2.75) is 52.4 Å². The average Bonchev–Trinajstić information content (AvgIpc) is 3.23. The number of nitrogens with one attached hydrogen (secondary N) is 1. The second kappa shape index (κ2) is 10.3. The molecule has 0 spiro atoms. The number of nitrogens with zero attached hydrogens (tertiary/aromatic N) is 2.